The molecule has 1 aromatic carbocycles. The van der Waals surface area contributed by atoms with E-state index in [1.807, 2.05) is 24.3 Å². The number of carbonyl (C=O) groups is 2. The molecule has 0 saturated heterocycles. The van der Waals surface area contributed by atoms with Gasteiger partial charge >= 0.3 is 0 Å². The van der Waals surface area contributed by atoms with Crippen LogP contribution >= 0.6 is 11.8 Å². The molecule has 1 saturated carbocycles. The first-order chi connectivity index (χ1) is 14.1. The van der Waals surface area contributed by atoms with Crippen molar-refractivity contribution in [3.8, 4) is 11.4 Å². The summed E-state index contributed by atoms with van der Waals surface area (Å²) in [4.78, 5) is 27.8. The Morgan fingerprint density at radius 1 is 1.17 bits per heavy atom. The van der Waals surface area contributed by atoms with Crippen LogP contribution in [0.4, 0.5) is 0 Å². The molecule has 1 amide bonds. The molecular weight excluding hydrogens is 386 g/mol. The van der Waals surface area contributed by atoms with E-state index in [2.05, 4.69) is 25.1 Å². The summed E-state index contributed by atoms with van der Waals surface area (Å²) >= 11 is 1.41. The van der Waals surface area contributed by atoms with Crippen molar-refractivity contribution in [1.82, 2.24) is 25.1 Å². The Hall–Kier alpha value is -3.00. The zero-order valence-corrected chi connectivity index (χ0v) is 16.9. The Balaban J connectivity index is 1.43. The molecule has 148 valence electrons. The summed E-state index contributed by atoms with van der Waals surface area (Å²) in [6.07, 6.45) is 5.72. The van der Waals surface area contributed by atoms with E-state index in [9.17, 15) is 9.59 Å². The minimum absolute atomic E-state index is 0.0364. The van der Waals surface area contributed by atoms with Gasteiger partial charge in [0.25, 0.3) is 0 Å². The largest absolute Gasteiger partial charge is 0.352 e. The minimum atomic E-state index is -0.0769. The summed E-state index contributed by atoms with van der Waals surface area (Å²) in [7, 11) is 0. The fourth-order valence-corrected chi connectivity index (χ4v) is 3.88. The smallest absolute Gasteiger partial charge is 0.217 e. The molecule has 1 fully saturated rings. The van der Waals surface area contributed by atoms with Gasteiger partial charge in [-0.05, 0) is 30.5 Å². The van der Waals surface area contributed by atoms with Crippen LogP contribution in [0.25, 0.3) is 11.4 Å². The Bertz CT molecular complexity index is 1010. The lowest BCUT2D eigenvalue weighted by Gasteiger charge is -2.08. The number of Topliss-reactive ketones (excluding diaryl/α,β-unsaturated/α-hetero) is 1. The second-order valence-corrected chi connectivity index (χ2v) is 7.91. The summed E-state index contributed by atoms with van der Waals surface area (Å²) < 4.78 is 2.13. The van der Waals surface area contributed by atoms with Gasteiger partial charge in [0.05, 0.1) is 5.75 Å². The molecule has 0 radical (unpaired) electrons. The van der Waals surface area contributed by atoms with Crippen molar-refractivity contribution in [3.63, 3.8) is 0 Å². The lowest BCUT2D eigenvalue weighted by molar-refractivity contribution is -0.119. The van der Waals surface area contributed by atoms with Crippen molar-refractivity contribution < 1.29 is 9.59 Å². The van der Waals surface area contributed by atoms with Crippen LogP contribution in [-0.2, 0) is 11.3 Å². The Morgan fingerprint density at radius 2 is 1.97 bits per heavy atom. The third kappa shape index (κ3) is 4.71. The van der Waals surface area contributed by atoms with Crippen LogP contribution < -0.4 is 5.32 Å². The number of amides is 1. The fourth-order valence-electron chi connectivity index (χ4n) is 2.98. The second kappa shape index (κ2) is 8.57. The van der Waals surface area contributed by atoms with Crippen molar-refractivity contribution in [2.75, 3.05) is 5.75 Å². The van der Waals surface area contributed by atoms with E-state index in [4.69, 9.17) is 0 Å². The van der Waals surface area contributed by atoms with Crippen molar-refractivity contribution >= 4 is 23.5 Å². The second-order valence-electron chi connectivity index (χ2n) is 6.97. The fraction of sp³-hybridized carbons (Fsp3) is 0.286. The Labute approximate surface area is 173 Å². The van der Waals surface area contributed by atoms with Gasteiger partial charge in [-0.15, -0.1) is 10.2 Å². The van der Waals surface area contributed by atoms with Crippen LogP contribution in [0, 0.1) is 0 Å². The number of rotatable bonds is 8. The summed E-state index contributed by atoms with van der Waals surface area (Å²) in [6.45, 7) is 1.94. The normalized spacial score (nSPS) is 13.3. The molecular formula is C21H21N5O2S. The highest BCUT2D eigenvalue weighted by Gasteiger charge is 2.30. The van der Waals surface area contributed by atoms with Crippen LogP contribution in [0.3, 0.4) is 0 Å². The van der Waals surface area contributed by atoms with Gasteiger partial charge in [-0.25, -0.2) is 0 Å². The third-order valence-corrected chi connectivity index (χ3v) is 5.59. The van der Waals surface area contributed by atoms with Crippen LogP contribution in [0.1, 0.15) is 41.7 Å². The van der Waals surface area contributed by atoms with E-state index in [0.29, 0.717) is 23.9 Å². The van der Waals surface area contributed by atoms with E-state index < -0.39 is 0 Å². The predicted molar refractivity (Wildman–Crippen MR) is 111 cm³/mol. The molecule has 0 bridgehead atoms. The van der Waals surface area contributed by atoms with Crippen molar-refractivity contribution in [3.05, 3.63) is 59.9 Å². The first kappa shape index (κ1) is 19.3. The highest BCUT2D eigenvalue weighted by Crippen LogP contribution is 2.41. The molecule has 1 N–H and O–H groups in total. The van der Waals surface area contributed by atoms with Crippen molar-refractivity contribution in [1.29, 1.82) is 0 Å². The maximum absolute atomic E-state index is 12.6. The summed E-state index contributed by atoms with van der Waals surface area (Å²) in [5.74, 6) is 1.06. The monoisotopic (exact) mass is 407 g/mol. The molecule has 0 unspecified atom stereocenters. The molecule has 0 aliphatic heterocycles. The first-order valence-electron chi connectivity index (χ1n) is 9.46. The van der Waals surface area contributed by atoms with E-state index in [0.717, 1.165) is 34.9 Å². The molecule has 29 heavy (non-hydrogen) atoms. The van der Waals surface area contributed by atoms with Gasteiger partial charge in [0.1, 0.15) is 0 Å². The van der Waals surface area contributed by atoms with E-state index in [1.165, 1.54) is 18.7 Å². The molecule has 0 spiro atoms. The summed E-state index contributed by atoms with van der Waals surface area (Å²) in [6, 6.07) is 11.6. The average molecular weight is 407 g/mol. The van der Waals surface area contributed by atoms with Crippen molar-refractivity contribution in [2.24, 2.45) is 0 Å². The Kier molecular flexibility index (Phi) is 5.71. The quantitative estimate of drug-likeness (QED) is 0.455. The van der Waals surface area contributed by atoms with Crippen LogP contribution in [0.2, 0.25) is 0 Å². The van der Waals surface area contributed by atoms with Gasteiger partial charge in [-0.2, -0.15) is 0 Å². The van der Waals surface area contributed by atoms with Crippen molar-refractivity contribution in [2.45, 2.75) is 37.5 Å². The van der Waals surface area contributed by atoms with Gasteiger partial charge < -0.3 is 5.32 Å². The zero-order chi connectivity index (χ0) is 20.2. The SMILES string of the molecule is CC(=O)NCc1ccc(C(=O)CSc2nnc(-c3cccnc3)n2C2CC2)cc1. The molecule has 1 aliphatic carbocycles. The number of hydrogen-bond acceptors (Lipinski definition) is 6. The molecule has 0 atom stereocenters. The highest BCUT2D eigenvalue weighted by molar-refractivity contribution is 7.99. The standard InChI is InChI=1S/C21H21N5O2S/c1-14(27)23-11-15-4-6-16(7-5-15)19(28)13-29-21-25-24-20(26(21)18-8-9-18)17-3-2-10-22-12-17/h2-7,10,12,18H,8-9,11,13H2,1H3,(H,23,27). The van der Waals surface area contributed by atoms with E-state index in [1.54, 1.807) is 24.5 Å². The van der Waals surface area contributed by atoms with Gasteiger partial charge in [0.2, 0.25) is 5.91 Å². The van der Waals surface area contributed by atoms with E-state index in [-0.39, 0.29) is 11.7 Å². The first-order valence-corrected chi connectivity index (χ1v) is 10.4. The number of pyridine rings is 1. The number of thioether (sulfide) groups is 1. The number of nitrogens with zero attached hydrogens (tertiary/aromatic N) is 4. The topological polar surface area (TPSA) is 89.8 Å². The molecule has 7 nitrogen and oxygen atoms in total. The number of hydrogen-bond donors (Lipinski definition) is 1. The maximum atomic E-state index is 12.6. The van der Waals surface area contributed by atoms with Gasteiger partial charge in [0.15, 0.2) is 16.8 Å². The lowest BCUT2D eigenvalue weighted by Crippen LogP contribution is -2.18. The molecule has 2 heterocycles. The van der Waals surface area contributed by atoms with Gasteiger partial charge in [-0.3, -0.25) is 19.1 Å². The maximum Gasteiger partial charge on any atom is 0.217 e. The van der Waals surface area contributed by atoms with Crippen LogP contribution in [0.5, 0.6) is 0 Å². The Morgan fingerprint density at radius 3 is 2.62 bits per heavy atom. The zero-order valence-electron chi connectivity index (χ0n) is 16.0. The van der Waals surface area contributed by atoms with Gasteiger partial charge in [-0.1, -0.05) is 36.0 Å². The lowest BCUT2D eigenvalue weighted by atomic mass is 10.1. The molecule has 1 aliphatic rings. The third-order valence-electron chi connectivity index (χ3n) is 4.65. The van der Waals surface area contributed by atoms with Gasteiger partial charge in [0, 0.05) is 43.0 Å². The molecule has 8 heteroatoms. The summed E-state index contributed by atoms with van der Waals surface area (Å²) in [5, 5.41) is 12.2. The molecule has 2 aromatic heterocycles. The molecule has 3 aromatic rings. The number of benzene rings is 1. The number of aromatic nitrogens is 4. The minimum Gasteiger partial charge on any atom is -0.352 e. The summed E-state index contributed by atoms with van der Waals surface area (Å²) in [5.41, 5.74) is 2.54. The number of nitrogens with one attached hydrogen (secondary N) is 1. The highest BCUT2D eigenvalue weighted by atomic mass is 32.2. The predicted octanol–water partition coefficient (Wildman–Crippen LogP) is 3.29. The number of carbonyl (C=O) groups excluding carboxylic acids is 2. The van der Waals surface area contributed by atoms with Crippen LogP contribution in [-0.4, -0.2) is 37.2 Å². The molecule has 4 rings (SSSR count). The number of ketones is 1. The average Bonchev–Trinajstić information content (AvgIpc) is 3.50. The van der Waals surface area contributed by atoms with Crippen LogP contribution in [0.15, 0.2) is 53.9 Å². The van der Waals surface area contributed by atoms with E-state index >= 15 is 0 Å².